The summed E-state index contributed by atoms with van der Waals surface area (Å²) < 4.78 is 26.3. The van der Waals surface area contributed by atoms with Crippen molar-refractivity contribution in [2.24, 2.45) is 0 Å². The fourth-order valence-electron chi connectivity index (χ4n) is 2.90. The van der Waals surface area contributed by atoms with Crippen LogP contribution in [0.25, 0.3) is 0 Å². The van der Waals surface area contributed by atoms with Gasteiger partial charge in [-0.3, -0.25) is 9.48 Å². The molecule has 0 aliphatic carbocycles. The zero-order valence-electron chi connectivity index (χ0n) is 16.2. The second-order valence-electron chi connectivity index (χ2n) is 6.61. The molecular weight excluding hydrogens is 387 g/mol. The highest BCUT2D eigenvalue weighted by atomic mass is 19.1. The highest BCUT2D eigenvalue weighted by molar-refractivity contribution is 6.03. The van der Waals surface area contributed by atoms with Crippen LogP contribution < -0.4 is 10.1 Å². The van der Waals surface area contributed by atoms with Crippen LogP contribution in [0.15, 0.2) is 71.4 Å². The first-order chi connectivity index (χ1) is 14.6. The van der Waals surface area contributed by atoms with Crippen LogP contribution >= 0.6 is 0 Å². The van der Waals surface area contributed by atoms with Gasteiger partial charge in [0.2, 0.25) is 0 Å². The second kappa shape index (κ2) is 8.60. The normalized spacial score (nSPS) is 10.7. The highest BCUT2D eigenvalue weighted by Crippen LogP contribution is 2.19. The van der Waals surface area contributed by atoms with Crippen molar-refractivity contribution in [1.29, 1.82) is 0 Å². The molecular formula is C22H19FN4O3. The lowest BCUT2D eigenvalue weighted by atomic mass is 10.2. The van der Waals surface area contributed by atoms with E-state index >= 15 is 0 Å². The molecule has 4 aromatic rings. The average molecular weight is 406 g/mol. The standard InChI is InChI=1S/C22H19FN4O3/c1-15-18(14-29-17-8-3-2-4-9-17)21(26-30-15)22(28)24-20-11-12-27(25-20)13-16-7-5-6-10-19(16)23/h2-12H,13-14H2,1H3,(H,24,25,28). The van der Waals surface area contributed by atoms with Crippen LogP contribution in [0.3, 0.4) is 0 Å². The maximum Gasteiger partial charge on any atom is 0.279 e. The zero-order valence-corrected chi connectivity index (χ0v) is 16.2. The molecule has 0 radical (unpaired) electrons. The molecule has 4 rings (SSSR count). The first kappa shape index (κ1) is 19.4. The smallest absolute Gasteiger partial charge is 0.279 e. The van der Waals surface area contributed by atoms with Crippen LogP contribution in [0.1, 0.15) is 27.4 Å². The van der Waals surface area contributed by atoms with Crippen LogP contribution in [0.4, 0.5) is 10.2 Å². The molecule has 2 aromatic heterocycles. The fourth-order valence-corrected chi connectivity index (χ4v) is 2.90. The molecule has 152 valence electrons. The number of halogens is 1. The summed E-state index contributed by atoms with van der Waals surface area (Å²) in [6.07, 6.45) is 1.66. The van der Waals surface area contributed by atoms with E-state index in [2.05, 4.69) is 15.6 Å². The Morgan fingerprint density at radius 1 is 1.13 bits per heavy atom. The number of nitrogens with zero attached hydrogens (tertiary/aromatic N) is 3. The van der Waals surface area contributed by atoms with Crippen LogP contribution in [0, 0.1) is 12.7 Å². The Kier molecular flexibility index (Phi) is 5.56. The number of anilines is 1. The Balaban J connectivity index is 1.43. The lowest BCUT2D eigenvalue weighted by Crippen LogP contribution is -2.16. The van der Waals surface area contributed by atoms with Gasteiger partial charge in [0.1, 0.15) is 23.9 Å². The van der Waals surface area contributed by atoms with E-state index in [-0.39, 0.29) is 24.7 Å². The van der Waals surface area contributed by atoms with E-state index in [1.54, 1.807) is 42.1 Å². The van der Waals surface area contributed by atoms with Crippen molar-refractivity contribution < 1.29 is 18.4 Å². The molecule has 0 fully saturated rings. The molecule has 2 heterocycles. The Morgan fingerprint density at radius 3 is 2.70 bits per heavy atom. The third kappa shape index (κ3) is 4.38. The molecule has 0 spiro atoms. The molecule has 0 saturated heterocycles. The molecule has 7 nitrogen and oxygen atoms in total. The molecule has 0 bridgehead atoms. The van der Waals surface area contributed by atoms with Gasteiger partial charge in [-0.1, -0.05) is 41.6 Å². The predicted molar refractivity (Wildman–Crippen MR) is 108 cm³/mol. The number of aryl methyl sites for hydroxylation is 1. The number of carbonyl (C=O) groups is 1. The number of ether oxygens (including phenoxy) is 1. The summed E-state index contributed by atoms with van der Waals surface area (Å²) in [5.41, 5.74) is 1.19. The molecule has 0 atom stereocenters. The minimum atomic E-state index is -0.463. The maximum atomic E-state index is 13.8. The summed E-state index contributed by atoms with van der Waals surface area (Å²) in [5.74, 6) is 0.735. The van der Waals surface area contributed by atoms with Crippen molar-refractivity contribution in [3.8, 4) is 5.75 Å². The Bertz CT molecular complexity index is 1150. The second-order valence-corrected chi connectivity index (χ2v) is 6.61. The summed E-state index contributed by atoms with van der Waals surface area (Å²) >= 11 is 0. The van der Waals surface area contributed by atoms with Gasteiger partial charge in [0.05, 0.1) is 12.1 Å². The number of nitrogens with one attached hydrogen (secondary N) is 1. The SMILES string of the molecule is Cc1onc(C(=O)Nc2ccn(Cc3ccccc3F)n2)c1COc1ccccc1. The minimum absolute atomic E-state index is 0.132. The number of benzene rings is 2. The third-order valence-corrected chi connectivity index (χ3v) is 4.50. The molecule has 0 unspecified atom stereocenters. The molecule has 8 heteroatoms. The van der Waals surface area contributed by atoms with Crippen molar-refractivity contribution in [3.63, 3.8) is 0 Å². The van der Waals surface area contributed by atoms with E-state index in [9.17, 15) is 9.18 Å². The molecule has 1 amide bonds. The van der Waals surface area contributed by atoms with Crippen molar-refractivity contribution in [2.75, 3.05) is 5.32 Å². The largest absolute Gasteiger partial charge is 0.489 e. The van der Waals surface area contributed by atoms with Gasteiger partial charge >= 0.3 is 0 Å². The van der Waals surface area contributed by atoms with E-state index < -0.39 is 5.91 Å². The van der Waals surface area contributed by atoms with Gasteiger partial charge in [-0.15, -0.1) is 0 Å². The number of aromatic nitrogens is 3. The molecule has 0 saturated carbocycles. The summed E-state index contributed by atoms with van der Waals surface area (Å²) in [6, 6.07) is 17.4. The van der Waals surface area contributed by atoms with Gasteiger partial charge in [0, 0.05) is 17.8 Å². The van der Waals surface area contributed by atoms with Crippen molar-refractivity contribution in [3.05, 3.63) is 95.3 Å². The van der Waals surface area contributed by atoms with Gasteiger partial charge in [-0.05, 0) is 25.1 Å². The van der Waals surface area contributed by atoms with Crippen molar-refractivity contribution >= 4 is 11.7 Å². The van der Waals surface area contributed by atoms with E-state index in [0.29, 0.717) is 28.5 Å². The summed E-state index contributed by atoms with van der Waals surface area (Å²) in [7, 11) is 0. The topological polar surface area (TPSA) is 82.2 Å². The monoisotopic (exact) mass is 406 g/mol. The van der Waals surface area contributed by atoms with Crippen LogP contribution in [0.5, 0.6) is 5.75 Å². The van der Waals surface area contributed by atoms with Crippen molar-refractivity contribution in [2.45, 2.75) is 20.1 Å². The van der Waals surface area contributed by atoms with Crippen molar-refractivity contribution in [1.82, 2.24) is 14.9 Å². The predicted octanol–water partition coefficient (Wildman–Crippen LogP) is 4.20. The van der Waals surface area contributed by atoms with E-state index in [0.717, 1.165) is 0 Å². The molecule has 1 N–H and O–H groups in total. The quantitative estimate of drug-likeness (QED) is 0.497. The Morgan fingerprint density at radius 2 is 1.90 bits per heavy atom. The third-order valence-electron chi connectivity index (χ3n) is 4.50. The summed E-state index contributed by atoms with van der Waals surface area (Å²) in [4.78, 5) is 12.7. The van der Waals surface area contributed by atoms with Crippen LogP contribution in [0.2, 0.25) is 0 Å². The lowest BCUT2D eigenvalue weighted by molar-refractivity contribution is 0.101. The Hall–Kier alpha value is -3.94. The molecule has 30 heavy (non-hydrogen) atoms. The van der Waals surface area contributed by atoms with E-state index in [4.69, 9.17) is 9.26 Å². The number of amides is 1. The van der Waals surface area contributed by atoms with Gasteiger partial charge in [0.25, 0.3) is 5.91 Å². The first-order valence-corrected chi connectivity index (χ1v) is 9.31. The molecule has 2 aromatic carbocycles. The number of para-hydroxylation sites is 1. The zero-order chi connectivity index (χ0) is 20.9. The fraction of sp³-hybridized carbons (Fsp3) is 0.136. The van der Waals surface area contributed by atoms with E-state index in [1.807, 2.05) is 30.3 Å². The van der Waals surface area contributed by atoms with Gasteiger partial charge in [-0.25, -0.2) is 4.39 Å². The molecule has 0 aliphatic rings. The first-order valence-electron chi connectivity index (χ1n) is 9.31. The molecule has 0 aliphatic heterocycles. The van der Waals surface area contributed by atoms with Crippen LogP contribution in [-0.4, -0.2) is 20.8 Å². The van der Waals surface area contributed by atoms with Gasteiger partial charge in [0.15, 0.2) is 11.5 Å². The number of carbonyl (C=O) groups excluding carboxylic acids is 1. The number of rotatable bonds is 7. The van der Waals surface area contributed by atoms with Gasteiger partial charge in [-0.2, -0.15) is 5.10 Å². The van der Waals surface area contributed by atoms with Crippen LogP contribution in [-0.2, 0) is 13.2 Å². The number of hydrogen-bond donors (Lipinski definition) is 1. The lowest BCUT2D eigenvalue weighted by Gasteiger charge is -2.06. The average Bonchev–Trinajstić information content (AvgIpc) is 3.35. The summed E-state index contributed by atoms with van der Waals surface area (Å²) in [5, 5.41) is 10.8. The minimum Gasteiger partial charge on any atom is -0.489 e. The Labute approximate surface area is 172 Å². The maximum absolute atomic E-state index is 13.8. The highest BCUT2D eigenvalue weighted by Gasteiger charge is 2.21. The van der Waals surface area contributed by atoms with E-state index in [1.165, 1.54) is 6.07 Å². The summed E-state index contributed by atoms with van der Waals surface area (Å²) in [6.45, 7) is 2.11. The van der Waals surface area contributed by atoms with Gasteiger partial charge < -0.3 is 14.6 Å². The number of hydrogen-bond acceptors (Lipinski definition) is 5.